The molecule has 0 bridgehead atoms. The van der Waals surface area contributed by atoms with Crippen LogP contribution in [0.25, 0.3) is 0 Å². The first-order valence-electron chi connectivity index (χ1n) is 8.09. The van der Waals surface area contributed by atoms with Gasteiger partial charge in [0.05, 0.1) is 30.7 Å². The lowest BCUT2D eigenvalue weighted by Gasteiger charge is -2.14. The molecule has 1 amide bonds. The van der Waals surface area contributed by atoms with Crippen LogP contribution in [0.4, 0.5) is 11.4 Å². The molecule has 0 radical (unpaired) electrons. The van der Waals surface area contributed by atoms with E-state index in [1.54, 1.807) is 56.5 Å². The maximum absolute atomic E-state index is 12.5. The molecule has 6 heteroatoms. The summed E-state index contributed by atoms with van der Waals surface area (Å²) in [7, 11) is 1.57. The number of benzene rings is 2. The minimum atomic E-state index is -0.425. The Morgan fingerprint density at radius 1 is 0.960 bits per heavy atom. The normalized spacial score (nSPS) is 10.0. The van der Waals surface area contributed by atoms with Gasteiger partial charge in [0.25, 0.3) is 5.91 Å². The monoisotopic (exact) mass is 342 g/mol. The van der Waals surface area contributed by atoms with Crippen molar-refractivity contribution < 1.29 is 19.1 Å². The summed E-state index contributed by atoms with van der Waals surface area (Å²) < 4.78 is 10.1. The van der Waals surface area contributed by atoms with Gasteiger partial charge in [-0.25, -0.2) is 4.79 Å². The number of nitrogens with one attached hydrogen (secondary N) is 2. The average Bonchev–Trinajstić information content (AvgIpc) is 2.63. The predicted molar refractivity (Wildman–Crippen MR) is 97.5 cm³/mol. The van der Waals surface area contributed by atoms with Crippen LogP contribution in [-0.4, -0.2) is 32.1 Å². The number of anilines is 2. The molecule has 6 nitrogen and oxygen atoms in total. The summed E-state index contributed by atoms with van der Waals surface area (Å²) in [5.41, 5.74) is 2.13. The second-order valence-electron chi connectivity index (χ2n) is 5.19. The summed E-state index contributed by atoms with van der Waals surface area (Å²) in [4.78, 5) is 24.4. The number of carbonyl (C=O) groups is 2. The smallest absolute Gasteiger partial charge is 0.338 e. The minimum absolute atomic E-state index is 0.275. The van der Waals surface area contributed by atoms with Crippen LogP contribution in [-0.2, 0) is 4.74 Å². The number of hydrogen-bond donors (Lipinski definition) is 2. The highest BCUT2D eigenvalue weighted by Gasteiger charge is 2.13. The van der Waals surface area contributed by atoms with Crippen LogP contribution in [0.15, 0.2) is 42.5 Å². The van der Waals surface area contributed by atoms with E-state index in [1.807, 2.05) is 6.92 Å². The van der Waals surface area contributed by atoms with Crippen LogP contribution in [0.5, 0.6) is 5.75 Å². The van der Waals surface area contributed by atoms with Gasteiger partial charge >= 0.3 is 5.97 Å². The summed E-state index contributed by atoms with van der Waals surface area (Å²) in [5.74, 6) is -0.0255. The van der Waals surface area contributed by atoms with Gasteiger partial charge in [0.2, 0.25) is 0 Å². The van der Waals surface area contributed by atoms with E-state index in [0.29, 0.717) is 35.7 Å². The fourth-order valence-electron chi connectivity index (χ4n) is 2.27. The Labute approximate surface area is 147 Å². The molecule has 0 saturated carbocycles. The van der Waals surface area contributed by atoms with Crippen LogP contribution in [0.2, 0.25) is 0 Å². The van der Waals surface area contributed by atoms with Crippen LogP contribution in [0.1, 0.15) is 34.6 Å². The van der Waals surface area contributed by atoms with E-state index < -0.39 is 5.97 Å². The van der Waals surface area contributed by atoms with Crippen molar-refractivity contribution in [3.05, 3.63) is 53.6 Å². The number of hydrogen-bond acceptors (Lipinski definition) is 5. The number of ether oxygens (including phenoxy) is 2. The van der Waals surface area contributed by atoms with Crippen LogP contribution < -0.4 is 15.4 Å². The van der Waals surface area contributed by atoms with E-state index in [-0.39, 0.29) is 5.91 Å². The molecule has 2 aromatic rings. The Hall–Kier alpha value is -3.02. The lowest BCUT2D eigenvalue weighted by Crippen LogP contribution is -2.15. The Morgan fingerprint density at radius 2 is 1.64 bits per heavy atom. The van der Waals surface area contributed by atoms with Gasteiger partial charge in [-0.05, 0) is 56.3 Å². The third-order valence-electron chi connectivity index (χ3n) is 3.50. The van der Waals surface area contributed by atoms with Crippen molar-refractivity contribution >= 4 is 23.3 Å². The molecule has 0 atom stereocenters. The zero-order valence-corrected chi connectivity index (χ0v) is 14.6. The Bertz CT molecular complexity index is 742. The molecule has 0 unspecified atom stereocenters. The van der Waals surface area contributed by atoms with Crippen LogP contribution in [0, 0.1) is 0 Å². The first-order chi connectivity index (χ1) is 12.1. The molecule has 0 spiro atoms. The number of esters is 1. The third-order valence-corrected chi connectivity index (χ3v) is 3.50. The van der Waals surface area contributed by atoms with Gasteiger partial charge in [0.1, 0.15) is 5.75 Å². The van der Waals surface area contributed by atoms with Crippen molar-refractivity contribution in [2.24, 2.45) is 0 Å². The first kappa shape index (κ1) is 18.3. The third kappa shape index (κ3) is 4.73. The summed E-state index contributed by atoms with van der Waals surface area (Å²) >= 11 is 0. The molecule has 132 valence electrons. The van der Waals surface area contributed by atoms with Gasteiger partial charge < -0.3 is 20.1 Å². The summed E-state index contributed by atoms with van der Waals surface area (Å²) in [5, 5.41) is 6.00. The van der Waals surface area contributed by atoms with Crippen molar-refractivity contribution in [2.75, 3.05) is 30.9 Å². The van der Waals surface area contributed by atoms with Crippen LogP contribution in [0.3, 0.4) is 0 Å². The van der Waals surface area contributed by atoms with Crippen molar-refractivity contribution in [3.8, 4) is 5.75 Å². The van der Waals surface area contributed by atoms with E-state index in [4.69, 9.17) is 9.47 Å². The van der Waals surface area contributed by atoms with Gasteiger partial charge in [0, 0.05) is 12.1 Å². The minimum Gasteiger partial charge on any atom is -0.497 e. The number of carbonyl (C=O) groups excluding carboxylic acids is 2. The number of methoxy groups -OCH3 is 1. The van der Waals surface area contributed by atoms with Gasteiger partial charge in [-0.3, -0.25) is 4.79 Å². The summed E-state index contributed by atoms with van der Waals surface area (Å²) in [6.45, 7) is 4.68. The Kier molecular flexibility index (Phi) is 6.39. The largest absolute Gasteiger partial charge is 0.497 e. The molecule has 2 rings (SSSR count). The topological polar surface area (TPSA) is 76.7 Å². The summed E-state index contributed by atoms with van der Waals surface area (Å²) in [6.07, 6.45) is 0. The fraction of sp³-hybridized carbons (Fsp3) is 0.263. The van der Waals surface area contributed by atoms with E-state index in [9.17, 15) is 9.59 Å². The van der Waals surface area contributed by atoms with Gasteiger partial charge in [-0.1, -0.05) is 0 Å². The maximum Gasteiger partial charge on any atom is 0.338 e. The van der Waals surface area contributed by atoms with Gasteiger partial charge in [0.15, 0.2) is 0 Å². The second-order valence-corrected chi connectivity index (χ2v) is 5.19. The van der Waals surface area contributed by atoms with E-state index in [2.05, 4.69) is 10.6 Å². The molecular formula is C19H22N2O4. The van der Waals surface area contributed by atoms with Crippen molar-refractivity contribution in [1.29, 1.82) is 0 Å². The van der Waals surface area contributed by atoms with Crippen molar-refractivity contribution in [3.63, 3.8) is 0 Å². The average molecular weight is 342 g/mol. The maximum atomic E-state index is 12.5. The molecule has 0 heterocycles. The highest BCUT2D eigenvalue weighted by atomic mass is 16.5. The SMILES string of the molecule is CCNc1ccc(C(=O)OCC)cc1NC(=O)c1ccc(OC)cc1. The Balaban J connectivity index is 2.26. The van der Waals surface area contributed by atoms with Crippen LogP contribution >= 0.6 is 0 Å². The lowest BCUT2D eigenvalue weighted by molar-refractivity contribution is 0.0526. The van der Waals surface area contributed by atoms with Crippen molar-refractivity contribution in [2.45, 2.75) is 13.8 Å². The van der Waals surface area contributed by atoms with E-state index >= 15 is 0 Å². The highest BCUT2D eigenvalue weighted by molar-refractivity contribution is 6.06. The van der Waals surface area contributed by atoms with E-state index in [1.165, 1.54) is 0 Å². The first-order valence-corrected chi connectivity index (χ1v) is 8.09. The molecule has 0 saturated heterocycles. The summed E-state index contributed by atoms with van der Waals surface area (Å²) in [6, 6.07) is 11.8. The molecule has 25 heavy (non-hydrogen) atoms. The standard InChI is InChI=1S/C19H22N2O4/c1-4-20-16-11-8-14(19(23)25-5-2)12-17(16)21-18(22)13-6-9-15(24-3)10-7-13/h6-12,20H,4-5H2,1-3H3,(H,21,22). The van der Waals surface area contributed by atoms with Crippen molar-refractivity contribution in [1.82, 2.24) is 0 Å². The lowest BCUT2D eigenvalue weighted by atomic mass is 10.1. The quantitative estimate of drug-likeness (QED) is 0.753. The molecule has 2 N–H and O–H groups in total. The number of amides is 1. The zero-order chi connectivity index (χ0) is 18.2. The molecule has 0 aliphatic carbocycles. The molecule has 0 aliphatic rings. The second kappa shape index (κ2) is 8.73. The molecular weight excluding hydrogens is 320 g/mol. The fourth-order valence-corrected chi connectivity index (χ4v) is 2.27. The van der Waals surface area contributed by atoms with E-state index in [0.717, 1.165) is 5.69 Å². The zero-order valence-electron chi connectivity index (χ0n) is 14.6. The highest BCUT2D eigenvalue weighted by Crippen LogP contribution is 2.25. The molecule has 0 aromatic heterocycles. The predicted octanol–water partition coefficient (Wildman–Crippen LogP) is 3.56. The molecule has 2 aromatic carbocycles. The Morgan fingerprint density at radius 3 is 2.24 bits per heavy atom. The van der Waals surface area contributed by atoms with Gasteiger partial charge in [-0.2, -0.15) is 0 Å². The van der Waals surface area contributed by atoms with Gasteiger partial charge in [-0.15, -0.1) is 0 Å². The molecule has 0 aliphatic heterocycles. The number of rotatable bonds is 7. The molecule has 0 fully saturated rings.